The van der Waals surface area contributed by atoms with Gasteiger partial charge in [0, 0.05) is 0 Å². The fourth-order valence-electron chi connectivity index (χ4n) is 1.72. The summed E-state index contributed by atoms with van der Waals surface area (Å²) in [5.41, 5.74) is 0.196. The molecule has 0 atom stereocenters. The van der Waals surface area contributed by atoms with Gasteiger partial charge >= 0.3 is 0 Å². The van der Waals surface area contributed by atoms with Crippen molar-refractivity contribution in [3.8, 4) is 23.6 Å². The molecule has 0 saturated carbocycles. The van der Waals surface area contributed by atoms with Crippen molar-refractivity contribution < 1.29 is 13.2 Å². The second-order valence-corrected chi connectivity index (χ2v) is 6.46. The second kappa shape index (κ2) is 7.12. The number of benzene rings is 2. The Morgan fingerprint density at radius 2 is 1.83 bits per heavy atom. The Labute approximate surface area is 138 Å². The molecule has 0 aromatic heterocycles. The minimum atomic E-state index is -3.73. The maximum absolute atomic E-state index is 11.8. The van der Waals surface area contributed by atoms with Gasteiger partial charge in [-0.05, 0) is 36.4 Å². The van der Waals surface area contributed by atoms with Crippen LogP contribution in [0, 0.1) is 22.7 Å². The Morgan fingerprint density at radius 3 is 2.43 bits per heavy atom. The number of nitrogens with one attached hydrogen (secondary N) is 1. The van der Waals surface area contributed by atoms with Crippen LogP contribution < -0.4 is 9.46 Å². The Kier molecular flexibility index (Phi) is 5.20. The highest BCUT2D eigenvalue weighted by molar-refractivity contribution is 7.89. The van der Waals surface area contributed by atoms with Crippen LogP contribution in [-0.4, -0.2) is 15.0 Å². The molecule has 0 spiro atoms. The summed E-state index contributed by atoms with van der Waals surface area (Å²) in [7, 11) is -3.73. The molecule has 2 aromatic rings. The maximum Gasteiger partial charge on any atom is 0.241 e. The van der Waals surface area contributed by atoms with E-state index in [1.165, 1.54) is 24.3 Å². The van der Waals surface area contributed by atoms with E-state index in [-0.39, 0.29) is 27.8 Å². The predicted molar refractivity (Wildman–Crippen MR) is 83.5 cm³/mol. The molecule has 1 N–H and O–H groups in total. The van der Waals surface area contributed by atoms with Gasteiger partial charge in [-0.25, -0.2) is 8.42 Å². The summed E-state index contributed by atoms with van der Waals surface area (Å²) in [5.74, 6) is 0.626. The van der Waals surface area contributed by atoms with Crippen molar-refractivity contribution >= 4 is 21.6 Å². The standard InChI is InChI=1S/C15H10ClN3O3S/c16-14-2-1-3-15(13(14)10-18)22-11-4-6-12(7-5-11)23(20,21)19-9-8-17/h1-7,19H,9H2. The molecule has 0 saturated heterocycles. The van der Waals surface area contributed by atoms with E-state index in [1.807, 2.05) is 6.07 Å². The van der Waals surface area contributed by atoms with Gasteiger partial charge in [0.05, 0.1) is 22.5 Å². The lowest BCUT2D eigenvalue weighted by Crippen LogP contribution is -2.23. The maximum atomic E-state index is 11.8. The molecule has 0 aliphatic carbocycles. The first-order chi connectivity index (χ1) is 11.0. The van der Waals surface area contributed by atoms with Crippen LogP contribution in [0.2, 0.25) is 5.02 Å². The number of hydrogen-bond acceptors (Lipinski definition) is 5. The number of rotatable bonds is 5. The molecule has 0 aliphatic heterocycles. The van der Waals surface area contributed by atoms with Gasteiger partial charge in [0.15, 0.2) is 0 Å². The van der Waals surface area contributed by atoms with Gasteiger partial charge in [-0.2, -0.15) is 15.2 Å². The zero-order valence-corrected chi connectivity index (χ0v) is 13.2. The molecule has 0 amide bonds. The number of halogens is 1. The topological polar surface area (TPSA) is 103 Å². The summed E-state index contributed by atoms with van der Waals surface area (Å²) in [6, 6.07) is 14.0. The molecule has 0 fully saturated rings. The first-order valence-electron chi connectivity index (χ1n) is 6.31. The third-order valence-electron chi connectivity index (χ3n) is 2.79. The van der Waals surface area contributed by atoms with Crippen LogP contribution in [0.5, 0.6) is 11.5 Å². The number of ether oxygens (including phenoxy) is 1. The molecular formula is C15H10ClN3O3S. The van der Waals surface area contributed by atoms with Gasteiger partial charge in [-0.15, -0.1) is 0 Å². The molecular weight excluding hydrogens is 338 g/mol. The zero-order valence-electron chi connectivity index (χ0n) is 11.7. The van der Waals surface area contributed by atoms with Crippen LogP contribution in [0.1, 0.15) is 5.56 Å². The SMILES string of the molecule is N#CCNS(=O)(=O)c1ccc(Oc2cccc(Cl)c2C#N)cc1. The van der Waals surface area contributed by atoms with Crippen LogP contribution >= 0.6 is 11.6 Å². The highest BCUT2D eigenvalue weighted by atomic mass is 35.5. The van der Waals surface area contributed by atoms with Crippen LogP contribution in [0.4, 0.5) is 0 Å². The molecule has 0 unspecified atom stereocenters. The van der Waals surface area contributed by atoms with E-state index in [2.05, 4.69) is 4.72 Å². The van der Waals surface area contributed by atoms with E-state index in [0.29, 0.717) is 5.75 Å². The molecule has 23 heavy (non-hydrogen) atoms. The minimum Gasteiger partial charge on any atom is -0.456 e. The van der Waals surface area contributed by atoms with Crippen LogP contribution in [-0.2, 0) is 10.0 Å². The quantitative estimate of drug-likeness (QED) is 0.837. The number of hydrogen-bond donors (Lipinski definition) is 1. The van der Waals surface area contributed by atoms with Crippen LogP contribution in [0.3, 0.4) is 0 Å². The Morgan fingerprint density at radius 1 is 1.13 bits per heavy atom. The molecule has 6 nitrogen and oxygen atoms in total. The van der Waals surface area contributed by atoms with Crippen molar-refractivity contribution in [1.29, 1.82) is 10.5 Å². The van der Waals surface area contributed by atoms with Crippen molar-refractivity contribution in [2.75, 3.05) is 6.54 Å². The molecule has 0 radical (unpaired) electrons. The highest BCUT2D eigenvalue weighted by Gasteiger charge is 2.14. The molecule has 0 bridgehead atoms. The smallest absolute Gasteiger partial charge is 0.241 e. The van der Waals surface area contributed by atoms with Crippen LogP contribution in [0.15, 0.2) is 47.4 Å². The third kappa shape index (κ3) is 3.99. The fourth-order valence-corrected chi connectivity index (χ4v) is 2.85. The van der Waals surface area contributed by atoms with Crippen molar-refractivity contribution in [1.82, 2.24) is 4.72 Å². The average Bonchev–Trinajstić information content (AvgIpc) is 2.54. The number of sulfonamides is 1. The normalized spacial score (nSPS) is 10.6. The van der Waals surface area contributed by atoms with E-state index in [0.717, 1.165) is 0 Å². The van der Waals surface area contributed by atoms with E-state index in [9.17, 15) is 8.42 Å². The number of nitrogens with zero attached hydrogens (tertiary/aromatic N) is 2. The van der Waals surface area contributed by atoms with Crippen molar-refractivity contribution in [2.45, 2.75) is 4.90 Å². The molecule has 2 aromatic carbocycles. The number of nitriles is 2. The lowest BCUT2D eigenvalue weighted by Gasteiger charge is -2.09. The summed E-state index contributed by atoms with van der Waals surface area (Å²) in [5, 5.41) is 17.8. The average molecular weight is 348 g/mol. The first-order valence-corrected chi connectivity index (χ1v) is 8.17. The second-order valence-electron chi connectivity index (χ2n) is 4.28. The summed E-state index contributed by atoms with van der Waals surface area (Å²) >= 11 is 5.91. The van der Waals surface area contributed by atoms with E-state index in [1.54, 1.807) is 24.3 Å². The van der Waals surface area contributed by atoms with Gasteiger partial charge in [0.25, 0.3) is 0 Å². The summed E-state index contributed by atoms with van der Waals surface area (Å²) in [6.45, 7) is -0.311. The highest BCUT2D eigenvalue weighted by Crippen LogP contribution is 2.30. The minimum absolute atomic E-state index is 0.00620. The predicted octanol–water partition coefficient (Wildman–Crippen LogP) is 2.81. The Bertz CT molecular complexity index is 897. The molecule has 2 rings (SSSR count). The molecule has 116 valence electrons. The fraction of sp³-hybridized carbons (Fsp3) is 0.0667. The van der Waals surface area contributed by atoms with Gasteiger partial charge in [-0.1, -0.05) is 17.7 Å². The summed E-state index contributed by atoms with van der Waals surface area (Å²) in [6.07, 6.45) is 0. The molecule has 0 heterocycles. The first kappa shape index (κ1) is 16.8. The van der Waals surface area contributed by atoms with Gasteiger partial charge in [0.1, 0.15) is 23.1 Å². The Balaban J connectivity index is 2.24. The summed E-state index contributed by atoms with van der Waals surface area (Å²) in [4.78, 5) is 0.00620. The molecule has 0 aliphatic rings. The molecule has 8 heteroatoms. The monoisotopic (exact) mass is 347 g/mol. The zero-order chi connectivity index (χ0) is 16.9. The lowest BCUT2D eigenvalue weighted by molar-refractivity contribution is 0.480. The lowest BCUT2D eigenvalue weighted by atomic mass is 10.2. The largest absolute Gasteiger partial charge is 0.456 e. The Hall–Kier alpha value is -2.58. The third-order valence-corrected chi connectivity index (χ3v) is 4.52. The van der Waals surface area contributed by atoms with E-state index >= 15 is 0 Å². The van der Waals surface area contributed by atoms with E-state index in [4.69, 9.17) is 26.9 Å². The van der Waals surface area contributed by atoms with Crippen molar-refractivity contribution in [3.63, 3.8) is 0 Å². The van der Waals surface area contributed by atoms with Gasteiger partial charge in [-0.3, -0.25) is 0 Å². The van der Waals surface area contributed by atoms with Crippen molar-refractivity contribution in [2.24, 2.45) is 0 Å². The summed E-state index contributed by atoms with van der Waals surface area (Å²) < 4.78 is 31.4. The van der Waals surface area contributed by atoms with E-state index < -0.39 is 10.0 Å². The van der Waals surface area contributed by atoms with Crippen molar-refractivity contribution in [3.05, 3.63) is 53.1 Å². The van der Waals surface area contributed by atoms with Gasteiger partial charge in [0.2, 0.25) is 10.0 Å². The van der Waals surface area contributed by atoms with Crippen LogP contribution in [0.25, 0.3) is 0 Å². The van der Waals surface area contributed by atoms with Gasteiger partial charge < -0.3 is 4.74 Å².